The lowest BCUT2D eigenvalue weighted by Gasteiger charge is -2.15. The van der Waals surface area contributed by atoms with Gasteiger partial charge in [-0.2, -0.15) is 0 Å². The second-order valence-electron chi connectivity index (χ2n) is 8.08. The maximum Gasteiger partial charge on any atom is 0.313 e. The molecule has 148 valence electrons. The fourth-order valence-corrected chi connectivity index (χ4v) is 4.22. The summed E-state index contributed by atoms with van der Waals surface area (Å²) in [5.41, 5.74) is 5.14. The Labute approximate surface area is 159 Å². The molecule has 2 saturated carbocycles. The van der Waals surface area contributed by atoms with Crippen LogP contribution in [-0.2, 0) is 19.1 Å². The van der Waals surface area contributed by atoms with E-state index >= 15 is 0 Å². The molecule has 0 aliphatic heterocycles. The van der Waals surface area contributed by atoms with E-state index < -0.39 is 0 Å². The Kier molecular flexibility index (Phi) is 8.58. The highest BCUT2D eigenvalue weighted by Gasteiger charge is 2.36. The minimum absolute atomic E-state index is 0.0231. The van der Waals surface area contributed by atoms with Gasteiger partial charge in [0.15, 0.2) is 0 Å². The fourth-order valence-electron chi connectivity index (χ4n) is 4.22. The van der Waals surface area contributed by atoms with Crippen LogP contribution in [0.4, 0.5) is 0 Å². The Hall–Kier alpha value is -1.58. The summed E-state index contributed by atoms with van der Waals surface area (Å²) in [6, 6.07) is 0. The third kappa shape index (κ3) is 5.21. The van der Waals surface area contributed by atoms with Gasteiger partial charge < -0.3 is 9.47 Å². The zero-order valence-corrected chi connectivity index (χ0v) is 17.8. The van der Waals surface area contributed by atoms with Crippen molar-refractivity contribution in [1.82, 2.24) is 0 Å². The Bertz CT molecular complexity index is 525. The van der Waals surface area contributed by atoms with Gasteiger partial charge in [0.25, 0.3) is 0 Å². The first kappa shape index (κ1) is 22.5. The molecule has 4 nitrogen and oxygen atoms in total. The molecular weight excluding hydrogens is 328 g/mol. The average Bonchev–Trinajstić information content (AvgIpc) is 3.17. The number of hydrogen-bond acceptors (Lipinski definition) is 4. The molecule has 2 fully saturated rings. The maximum absolute atomic E-state index is 11.5. The Balaban J connectivity index is 0.000000260. The summed E-state index contributed by atoms with van der Waals surface area (Å²) in [7, 11) is 2.94. The van der Waals surface area contributed by atoms with Crippen molar-refractivity contribution in [2.75, 3.05) is 14.2 Å². The van der Waals surface area contributed by atoms with Crippen molar-refractivity contribution in [2.45, 2.75) is 67.2 Å². The predicted octanol–water partition coefficient (Wildman–Crippen LogP) is 5.08. The van der Waals surface area contributed by atoms with Gasteiger partial charge in [-0.3, -0.25) is 9.59 Å². The van der Waals surface area contributed by atoms with Crippen LogP contribution in [-0.4, -0.2) is 26.2 Å². The van der Waals surface area contributed by atoms with Gasteiger partial charge in [-0.05, 0) is 65.2 Å². The van der Waals surface area contributed by atoms with Crippen LogP contribution in [0.5, 0.6) is 0 Å². The maximum atomic E-state index is 11.5. The topological polar surface area (TPSA) is 52.6 Å². The van der Waals surface area contributed by atoms with Gasteiger partial charge in [-0.25, -0.2) is 0 Å². The molecular formula is C22H36O4. The smallest absolute Gasteiger partial charge is 0.313 e. The van der Waals surface area contributed by atoms with Gasteiger partial charge in [0.1, 0.15) is 0 Å². The van der Waals surface area contributed by atoms with Crippen LogP contribution >= 0.6 is 0 Å². The summed E-state index contributed by atoms with van der Waals surface area (Å²) in [5, 5.41) is 0. The lowest BCUT2D eigenvalue weighted by atomic mass is 9.93. The number of rotatable bonds is 2. The van der Waals surface area contributed by atoms with E-state index in [1.165, 1.54) is 36.5 Å². The van der Waals surface area contributed by atoms with Crippen molar-refractivity contribution in [1.29, 1.82) is 0 Å². The molecule has 0 radical (unpaired) electrons. The van der Waals surface area contributed by atoms with Crippen LogP contribution < -0.4 is 0 Å². The summed E-state index contributed by atoms with van der Waals surface area (Å²) >= 11 is 0. The fraction of sp³-hybridized carbons (Fsp3) is 0.727. The van der Waals surface area contributed by atoms with Gasteiger partial charge in [-0.15, -0.1) is 0 Å². The summed E-state index contributed by atoms with van der Waals surface area (Å²) in [6.45, 7) is 12.5. The zero-order valence-electron chi connectivity index (χ0n) is 17.8. The van der Waals surface area contributed by atoms with Crippen molar-refractivity contribution in [3.05, 3.63) is 22.3 Å². The second-order valence-corrected chi connectivity index (χ2v) is 8.08. The van der Waals surface area contributed by atoms with Crippen molar-refractivity contribution in [3.63, 3.8) is 0 Å². The standard InChI is InChI=1S/2C11H18O2/c2*1-7(2)9-6-5-8(3)10(9)11(12)13-4/h2*8,10H,5-6H2,1-4H3. The van der Waals surface area contributed by atoms with E-state index in [-0.39, 0.29) is 23.8 Å². The highest BCUT2D eigenvalue weighted by atomic mass is 16.5. The molecule has 0 heterocycles. The molecule has 2 aliphatic carbocycles. The van der Waals surface area contributed by atoms with Gasteiger partial charge in [0.05, 0.1) is 26.1 Å². The third-order valence-electron chi connectivity index (χ3n) is 5.82. The van der Waals surface area contributed by atoms with Crippen LogP contribution in [0.2, 0.25) is 0 Å². The molecule has 2 rings (SSSR count). The van der Waals surface area contributed by atoms with E-state index in [0.29, 0.717) is 11.8 Å². The number of allylic oxidation sites excluding steroid dienone is 2. The molecule has 0 N–H and O–H groups in total. The number of carbonyl (C=O) groups is 2. The first-order valence-electron chi connectivity index (χ1n) is 9.63. The van der Waals surface area contributed by atoms with Gasteiger partial charge in [-0.1, -0.05) is 36.1 Å². The number of ether oxygens (including phenoxy) is 2. The summed E-state index contributed by atoms with van der Waals surface area (Å²) in [5.74, 6) is 0.794. The molecule has 0 spiro atoms. The van der Waals surface area contributed by atoms with Crippen LogP contribution in [0, 0.1) is 23.7 Å². The van der Waals surface area contributed by atoms with E-state index in [0.717, 1.165) is 25.7 Å². The lowest BCUT2D eigenvalue weighted by Crippen LogP contribution is -2.20. The molecule has 2 aliphatic rings. The third-order valence-corrected chi connectivity index (χ3v) is 5.82. The first-order chi connectivity index (χ1) is 12.1. The summed E-state index contributed by atoms with van der Waals surface area (Å²) < 4.78 is 9.62. The molecule has 4 atom stereocenters. The minimum atomic E-state index is -0.0683. The number of carbonyl (C=O) groups excluding carboxylic acids is 2. The first-order valence-corrected chi connectivity index (χ1v) is 9.63. The molecule has 0 saturated heterocycles. The van der Waals surface area contributed by atoms with Crippen LogP contribution in [0.3, 0.4) is 0 Å². The molecule has 4 unspecified atom stereocenters. The second kappa shape index (κ2) is 9.94. The van der Waals surface area contributed by atoms with Crippen molar-refractivity contribution >= 4 is 11.9 Å². The van der Waals surface area contributed by atoms with E-state index in [1.807, 2.05) is 0 Å². The van der Waals surface area contributed by atoms with Crippen molar-refractivity contribution in [3.8, 4) is 0 Å². The molecule has 0 aromatic heterocycles. The number of hydrogen-bond donors (Lipinski definition) is 0. The Morgan fingerprint density at radius 3 is 1.27 bits per heavy atom. The average molecular weight is 365 g/mol. The van der Waals surface area contributed by atoms with Gasteiger partial charge >= 0.3 is 11.9 Å². The van der Waals surface area contributed by atoms with Crippen LogP contribution in [0.1, 0.15) is 67.2 Å². The molecule has 0 aromatic rings. The molecule has 0 aromatic carbocycles. The van der Waals surface area contributed by atoms with E-state index in [4.69, 9.17) is 9.47 Å². The highest BCUT2D eigenvalue weighted by molar-refractivity contribution is 5.77. The normalized spacial score (nSPS) is 27.5. The Morgan fingerprint density at radius 1 is 0.731 bits per heavy atom. The monoisotopic (exact) mass is 364 g/mol. The van der Waals surface area contributed by atoms with Gasteiger partial charge in [0.2, 0.25) is 0 Å². The lowest BCUT2D eigenvalue weighted by molar-refractivity contribution is -0.145. The van der Waals surface area contributed by atoms with Gasteiger partial charge in [0, 0.05) is 0 Å². The highest BCUT2D eigenvalue weighted by Crippen LogP contribution is 2.39. The van der Waals surface area contributed by atoms with E-state index in [1.54, 1.807) is 0 Å². The molecule has 4 heteroatoms. The molecule has 0 amide bonds. The van der Waals surface area contributed by atoms with Crippen LogP contribution in [0.15, 0.2) is 22.3 Å². The number of esters is 2. The van der Waals surface area contributed by atoms with E-state index in [2.05, 4.69) is 41.5 Å². The largest absolute Gasteiger partial charge is 0.469 e. The SMILES string of the molecule is COC(=O)C1C(=C(C)C)CCC1C.COC(=O)C1C(=C(C)C)CCC1C. The predicted molar refractivity (Wildman–Crippen MR) is 105 cm³/mol. The van der Waals surface area contributed by atoms with E-state index in [9.17, 15) is 9.59 Å². The minimum Gasteiger partial charge on any atom is -0.469 e. The van der Waals surface area contributed by atoms with Crippen LogP contribution in [0.25, 0.3) is 0 Å². The summed E-state index contributed by atoms with van der Waals surface area (Å²) in [6.07, 6.45) is 4.34. The molecule has 0 bridgehead atoms. The summed E-state index contributed by atoms with van der Waals surface area (Å²) in [4.78, 5) is 23.0. The quantitative estimate of drug-likeness (QED) is 0.506. The Morgan fingerprint density at radius 2 is 1.04 bits per heavy atom. The van der Waals surface area contributed by atoms with Crippen molar-refractivity contribution in [2.24, 2.45) is 23.7 Å². The zero-order chi connectivity index (χ0) is 20.0. The van der Waals surface area contributed by atoms with Crippen molar-refractivity contribution < 1.29 is 19.1 Å². The molecule has 26 heavy (non-hydrogen) atoms. The number of methoxy groups -OCH3 is 2.